The van der Waals surface area contributed by atoms with Crippen molar-refractivity contribution in [2.24, 2.45) is 17.3 Å². The Labute approximate surface area is 92.8 Å². The minimum Gasteiger partial charge on any atom is -0.461 e. The molecule has 0 saturated heterocycles. The van der Waals surface area contributed by atoms with Gasteiger partial charge in [0.25, 0.3) is 0 Å². The number of hydrogen-bond acceptors (Lipinski definition) is 3. The summed E-state index contributed by atoms with van der Waals surface area (Å²) in [6, 6.07) is 0. The monoisotopic (exact) mass is 216 g/mol. The van der Waals surface area contributed by atoms with E-state index in [4.69, 9.17) is 9.84 Å². The van der Waals surface area contributed by atoms with Crippen molar-refractivity contribution in [3.05, 3.63) is 0 Å². The summed E-state index contributed by atoms with van der Waals surface area (Å²) in [6.45, 7) is 11.6. The van der Waals surface area contributed by atoms with Crippen LogP contribution in [0, 0.1) is 17.3 Å². The van der Waals surface area contributed by atoms with Gasteiger partial charge >= 0.3 is 5.97 Å². The van der Waals surface area contributed by atoms with Crippen LogP contribution in [-0.4, -0.2) is 23.8 Å². The molecule has 0 aromatic carbocycles. The minimum atomic E-state index is -0.239. The lowest BCUT2D eigenvalue weighted by atomic mass is 9.82. The Morgan fingerprint density at radius 2 is 1.73 bits per heavy atom. The molecule has 0 aliphatic carbocycles. The van der Waals surface area contributed by atoms with E-state index in [1.165, 1.54) is 0 Å². The minimum absolute atomic E-state index is 0.0345. The van der Waals surface area contributed by atoms with Crippen molar-refractivity contribution in [3.8, 4) is 0 Å². The first-order valence-electron chi connectivity index (χ1n) is 5.51. The standard InChI is InChI=1S/C12H24O3/c1-8(2)11(14)15-10(9(3)7-13)12(4,5)6/h8-10,13H,7H2,1-6H3. The lowest BCUT2D eigenvalue weighted by Crippen LogP contribution is -2.39. The maximum Gasteiger partial charge on any atom is 0.308 e. The molecule has 0 radical (unpaired) electrons. The van der Waals surface area contributed by atoms with Gasteiger partial charge in [-0.25, -0.2) is 0 Å². The zero-order chi connectivity index (χ0) is 12.2. The molecule has 2 atom stereocenters. The van der Waals surface area contributed by atoms with E-state index < -0.39 is 0 Å². The number of hydrogen-bond donors (Lipinski definition) is 1. The number of aliphatic hydroxyl groups is 1. The molecule has 0 saturated carbocycles. The molecule has 1 N–H and O–H groups in total. The summed E-state index contributed by atoms with van der Waals surface area (Å²) in [6.07, 6.45) is -0.239. The first-order chi connectivity index (χ1) is 6.70. The fourth-order valence-electron chi connectivity index (χ4n) is 1.50. The van der Waals surface area contributed by atoms with E-state index in [9.17, 15) is 4.79 Å². The molecule has 0 aromatic rings. The zero-order valence-electron chi connectivity index (χ0n) is 10.7. The van der Waals surface area contributed by atoms with Gasteiger partial charge in [0, 0.05) is 12.5 Å². The molecule has 0 rings (SSSR count). The number of aliphatic hydroxyl groups excluding tert-OH is 1. The predicted molar refractivity (Wildman–Crippen MR) is 60.4 cm³/mol. The highest BCUT2D eigenvalue weighted by molar-refractivity contribution is 5.71. The van der Waals surface area contributed by atoms with Crippen molar-refractivity contribution in [2.45, 2.75) is 47.6 Å². The molecular weight excluding hydrogens is 192 g/mol. The summed E-state index contributed by atoms with van der Waals surface area (Å²) >= 11 is 0. The van der Waals surface area contributed by atoms with Gasteiger partial charge in [0.15, 0.2) is 0 Å². The number of esters is 1. The van der Waals surface area contributed by atoms with Crippen LogP contribution in [0.25, 0.3) is 0 Å². The van der Waals surface area contributed by atoms with Crippen molar-refractivity contribution in [1.29, 1.82) is 0 Å². The van der Waals surface area contributed by atoms with Crippen molar-refractivity contribution < 1.29 is 14.6 Å². The summed E-state index contributed by atoms with van der Waals surface area (Å²) in [5.41, 5.74) is -0.146. The Bertz CT molecular complexity index is 203. The van der Waals surface area contributed by atoms with Crippen molar-refractivity contribution in [2.75, 3.05) is 6.61 Å². The van der Waals surface area contributed by atoms with Gasteiger partial charge in [0.1, 0.15) is 6.10 Å². The van der Waals surface area contributed by atoms with Crippen molar-refractivity contribution in [3.63, 3.8) is 0 Å². The maximum atomic E-state index is 11.5. The molecule has 0 heterocycles. The van der Waals surface area contributed by atoms with E-state index in [0.29, 0.717) is 0 Å². The summed E-state index contributed by atoms with van der Waals surface area (Å²) in [7, 11) is 0. The van der Waals surface area contributed by atoms with E-state index in [1.807, 2.05) is 41.5 Å². The molecule has 2 unspecified atom stereocenters. The number of carbonyl (C=O) groups excluding carboxylic acids is 1. The fourth-order valence-corrected chi connectivity index (χ4v) is 1.50. The van der Waals surface area contributed by atoms with Gasteiger partial charge in [-0.15, -0.1) is 0 Å². The van der Waals surface area contributed by atoms with Crippen LogP contribution in [0.5, 0.6) is 0 Å². The van der Waals surface area contributed by atoms with Crippen LogP contribution >= 0.6 is 0 Å². The first-order valence-corrected chi connectivity index (χ1v) is 5.51. The zero-order valence-corrected chi connectivity index (χ0v) is 10.7. The van der Waals surface area contributed by atoms with Crippen molar-refractivity contribution >= 4 is 5.97 Å². The highest BCUT2D eigenvalue weighted by Crippen LogP contribution is 2.28. The first kappa shape index (κ1) is 14.4. The average molecular weight is 216 g/mol. The topological polar surface area (TPSA) is 46.5 Å². The second-order valence-electron chi connectivity index (χ2n) is 5.54. The molecule has 3 nitrogen and oxygen atoms in total. The van der Waals surface area contributed by atoms with Gasteiger partial charge in [-0.3, -0.25) is 4.79 Å². The molecule has 0 fully saturated rings. The third-order valence-electron chi connectivity index (χ3n) is 2.37. The molecule has 15 heavy (non-hydrogen) atoms. The van der Waals surface area contributed by atoms with Crippen LogP contribution in [0.1, 0.15) is 41.5 Å². The fraction of sp³-hybridized carbons (Fsp3) is 0.917. The van der Waals surface area contributed by atoms with Crippen LogP contribution in [0.2, 0.25) is 0 Å². The Kier molecular flexibility index (Phi) is 5.29. The molecule has 3 heteroatoms. The van der Waals surface area contributed by atoms with Crippen LogP contribution in [0.15, 0.2) is 0 Å². The third-order valence-corrected chi connectivity index (χ3v) is 2.37. The third kappa shape index (κ3) is 4.65. The lowest BCUT2D eigenvalue weighted by molar-refractivity contribution is -0.163. The Morgan fingerprint density at radius 3 is 2.00 bits per heavy atom. The molecule has 0 bridgehead atoms. The summed E-state index contributed by atoms with van der Waals surface area (Å²) in [4.78, 5) is 11.5. The second-order valence-corrected chi connectivity index (χ2v) is 5.54. The Hall–Kier alpha value is -0.570. The molecule has 90 valence electrons. The van der Waals surface area contributed by atoms with Gasteiger partial charge < -0.3 is 9.84 Å². The van der Waals surface area contributed by atoms with E-state index in [0.717, 1.165) is 0 Å². The molecule has 0 aromatic heterocycles. The predicted octanol–water partition coefficient (Wildman–Crippen LogP) is 2.23. The van der Waals surface area contributed by atoms with E-state index >= 15 is 0 Å². The SMILES string of the molecule is CC(C)C(=O)OC(C(C)CO)C(C)(C)C. The average Bonchev–Trinajstić information content (AvgIpc) is 2.10. The van der Waals surface area contributed by atoms with Gasteiger partial charge in [0.2, 0.25) is 0 Å². The lowest BCUT2D eigenvalue weighted by Gasteiger charge is -2.34. The van der Waals surface area contributed by atoms with Gasteiger partial charge in [-0.2, -0.15) is 0 Å². The van der Waals surface area contributed by atoms with Crippen LogP contribution in [0.4, 0.5) is 0 Å². The number of carbonyl (C=O) groups is 1. The molecule has 0 amide bonds. The quantitative estimate of drug-likeness (QED) is 0.733. The Balaban J connectivity index is 4.60. The maximum absolute atomic E-state index is 11.5. The van der Waals surface area contributed by atoms with E-state index in [2.05, 4.69) is 0 Å². The summed E-state index contributed by atoms with van der Waals surface area (Å²) in [5.74, 6) is -0.358. The van der Waals surface area contributed by atoms with Crippen LogP contribution in [0.3, 0.4) is 0 Å². The molecule has 0 aliphatic heterocycles. The second kappa shape index (κ2) is 5.50. The Morgan fingerprint density at radius 1 is 1.27 bits per heavy atom. The van der Waals surface area contributed by atoms with Gasteiger partial charge in [-0.05, 0) is 5.41 Å². The number of ether oxygens (including phenoxy) is 1. The van der Waals surface area contributed by atoms with Gasteiger partial charge in [0.05, 0.1) is 5.92 Å². The molecular formula is C12H24O3. The van der Waals surface area contributed by atoms with E-state index in [1.54, 1.807) is 0 Å². The van der Waals surface area contributed by atoms with Crippen LogP contribution in [-0.2, 0) is 9.53 Å². The highest BCUT2D eigenvalue weighted by Gasteiger charge is 2.33. The molecule has 0 aliphatic rings. The van der Waals surface area contributed by atoms with Crippen molar-refractivity contribution in [1.82, 2.24) is 0 Å². The smallest absolute Gasteiger partial charge is 0.308 e. The molecule has 0 spiro atoms. The largest absolute Gasteiger partial charge is 0.461 e. The number of rotatable bonds is 4. The highest BCUT2D eigenvalue weighted by atomic mass is 16.5. The summed E-state index contributed by atoms with van der Waals surface area (Å²) < 4.78 is 5.43. The van der Waals surface area contributed by atoms with Crippen LogP contribution < -0.4 is 0 Å². The normalized spacial score (nSPS) is 16.3. The summed E-state index contributed by atoms with van der Waals surface area (Å²) in [5, 5.41) is 9.13. The van der Waals surface area contributed by atoms with Gasteiger partial charge in [-0.1, -0.05) is 41.5 Å². The van der Waals surface area contributed by atoms with E-state index in [-0.39, 0.29) is 35.9 Å².